The second-order valence-corrected chi connectivity index (χ2v) is 6.92. The normalized spacial score (nSPS) is 10.9. The number of halogens is 2. The molecule has 0 bridgehead atoms. The number of rotatable bonds is 5. The van der Waals surface area contributed by atoms with Crippen LogP contribution in [0.1, 0.15) is 21.6 Å². The van der Waals surface area contributed by atoms with Crippen LogP contribution in [0.5, 0.6) is 0 Å². The van der Waals surface area contributed by atoms with Crippen LogP contribution in [0.25, 0.3) is 5.69 Å². The first kappa shape index (κ1) is 18.9. The molecule has 0 spiro atoms. The van der Waals surface area contributed by atoms with Crippen molar-refractivity contribution in [2.45, 2.75) is 13.5 Å². The summed E-state index contributed by atoms with van der Waals surface area (Å²) in [4.78, 5) is 12.8. The van der Waals surface area contributed by atoms with Gasteiger partial charge in [-0.05, 0) is 48.9 Å². The molecule has 0 unspecified atom stereocenters. The van der Waals surface area contributed by atoms with Gasteiger partial charge in [0.2, 0.25) is 0 Å². The van der Waals surface area contributed by atoms with Gasteiger partial charge in [0.1, 0.15) is 11.6 Å². The summed E-state index contributed by atoms with van der Waals surface area (Å²) in [6.45, 7) is 2.28. The minimum Gasteiger partial charge on any atom is -0.307 e. The third kappa shape index (κ3) is 4.05. The quantitative estimate of drug-likeness (QED) is 0.529. The third-order valence-corrected chi connectivity index (χ3v) is 4.78. The van der Waals surface area contributed by atoms with Gasteiger partial charge in [0.25, 0.3) is 5.91 Å². The van der Waals surface area contributed by atoms with E-state index in [9.17, 15) is 9.18 Å². The summed E-state index contributed by atoms with van der Waals surface area (Å²) in [5.41, 5.74) is 2.76. The van der Waals surface area contributed by atoms with Crippen molar-refractivity contribution in [3.05, 3.63) is 94.7 Å². The summed E-state index contributed by atoms with van der Waals surface area (Å²) < 4.78 is 16.4. The van der Waals surface area contributed by atoms with Gasteiger partial charge < -0.3 is 5.32 Å². The van der Waals surface area contributed by atoms with Crippen LogP contribution in [0.3, 0.4) is 0 Å². The van der Waals surface area contributed by atoms with E-state index in [2.05, 4.69) is 15.5 Å². The van der Waals surface area contributed by atoms with Crippen molar-refractivity contribution in [2.24, 2.45) is 0 Å². The lowest BCUT2D eigenvalue weighted by Crippen LogP contribution is -2.17. The largest absolute Gasteiger partial charge is 0.307 e. The van der Waals surface area contributed by atoms with Crippen LogP contribution in [0.2, 0.25) is 5.02 Å². The first-order valence-electron chi connectivity index (χ1n) is 8.89. The molecule has 1 N–H and O–H groups in total. The molecule has 0 aliphatic carbocycles. The second-order valence-electron chi connectivity index (χ2n) is 6.49. The molecule has 0 aliphatic rings. The van der Waals surface area contributed by atoms with Crippen LogP contribution in [-0.4, -0.2) is 25.5 Å². The minimum atomic E-state index is -0.328. The SMILES string of the molecule is Cc1c(C(=O)Nc2ccnn2Cc2ccc(Cl)cc2)cnn1-c1ccc(F)cc1. The van der Waals surface area contributed by atoms with Crippen LogP contribution < -0.4 is 5.32 Å². The molecular weight excluding hydrogens is 393 g/mol. The maximum absolute atomic E-state index is 13.2. The number of nitrogens with zero attached hydrogens (tertiary/aromatic N) is 4. The Morgan fingerprint density at radius 1 is 1.07 bits per heavy atom. The molecule has 2 aromatic carbocycles. The molecule has 2 heterocycles. The zero-order valence-electron chi connectivity index (χ0n) is 15.5. The first-order chi connectivity index (χ1) is 14.0. The van der Waals surface area contributed by atoms with Crippen molar-refractivity contribution in [2.75, 3.05) is 5.32 Å². The lowest BCUT2D eigenvalue weighted by molar-refractivity contribution is 0.102. The molecule has 146 valence electrons. The summed E-state index contributed by atoms with van der Waals surface area (Å²) in [6.07, 6.45) is 3.12. The highest BCUT2D eigenvalue weighted by Crippen LogP contribution is 2.18. The van der Waals surface area contributed by atoms with Gasteiger partial charge in [0, 0.05) is 11.1 Å². The lowest BCUT2D eigenvalue weighted by atomic mass is 10.2. The van der Waals surface area contributed by atoms with Crippen molar-refractivity contribution >= 4 is 23.3 Å². The number of anilines is 1. The van der Waals surface area contributed by atoms with Gasteiger partial charge >= 0.3 is 0 Å². The zero-order valence-corrected chi connectivity index (χ0v) is 16.3. The number of hydrogen-bond donors (Lipinski definition) is 1. The van der Waals surface area contributed by atoms with E-state index in [1.165, 1.54) is 18.3 Å². The fourth-order valence-corrected chi connectivity index (χ4v) is 3.11. The van der Waals surface area contributed by atoms with E-state index in [0.717, 1.165) is 5.56 Å². The second kappa shape index (κ2) is 7.89. The van der Waals surface area contributed by atoms with Gasteiger partial charge in [0.15, 0.2) is 0 Å². The predicted octanol–water partition coefficient (Wildman–Crippen LogP) is 4.47. The van der Waals surface area contributed by atoms with Gasteiger partial charge in [-0.1, -0.05) is 23.7 Å². The van der Waals surface area contributed by atoms with Crippen LogP contribution in [0, 0.1) is 12.7 Å². The lowest BCUT2D eigenvalue weighted by Gasteiger charge is -2.10. The van der Waals surface area contributed by atoms with E-state index in [1.54, 1.807) is 40.7 Å². The molecule has 4 rings (SSSR count). The molecule has 2 aromatic heterocycles. The maximum Gasteiger partial charge on any atom is 0.260 e. The molecule has 1 amide bonds. The van der Waals surface area contributed by atoms with E-state index in [-0.39, 0.29) is 11.7 Å². The molecule has 4 aromatic rings. The number of aromatic nitrogens is 4. The van der Waals surface area contributed by atoms with Crippen LogP contribution in [-0.2, 0) is 6.54 Å². The number of benzene rings is 2. The average molecular weight is 410 g/mol. The molecule has 0 atom stereocenters. The maximum atomic E-state index is 13.2. The fraction of sp³-hybridized carbons (Fsp3) is 0.0952. The molecule has 0 aliphatic heterocycles. The molecule has 0 radical (unpaired) electrons. The van der Waals surface area contributed by atoms with Crippen molar-refractivity contribution in [1.82, 2.24) is 19.6 Å². The van der Waals surface area contributed by atoms with Gasteiger partial charge in [-0.15, -0.1) is 0 Å². The molecule has 0 fully saturated rings. The van der Waals surface area contributed by atoms with Crippen molar-refractivity contribution in [1.29, 1.82) is 0 Å². The number of carbonyl (C=O) groups is 1. The summed E-state index contributed by atoms with van der Waals surface area (Å²) in [5, 5.41) is 12.1. The first-order valence-corrected chi connectivity index (χ1v) is 9.27. The average Bonchev–Trinajstić information content (AvgIpc) is 3.31. The van der Waals surface area contributed by atoms with Gasteiger partial charge in [-0.2, -0.15) is 10.2 Å². The molecule has 6 nitrogen and oxygen atoms in total. The van der Waals surface area contributed by atoms with Crippen LogP contribution in [0.4, 0.5) is 10.2 Å². The Morgan fingerprint density at radius 3 is 2.52 bits per heavy atom. The standard InChI is InChI=1S/C21H17ClFN5O/c1-14-19(12-25-28(14)18-8-6-17(23)7-9-18)21(29)26-20-10-11-24-27(20)13-15-2-4-16(22)5-3-15/h2-12H,13H2,1H3,(H,26,29). The van der Waals surface area contributed by atoms with Gasteiger partial charge in [-0.3, -0.25) is 4.79 Å². The molecular formula is C21H17ClFN5O. The van der Waals surface area contributed by atoms with Gasteiger partial charge in [0.05, 0.1) is 35.9 Å². The van der Waals surface area contributed by atoms with Crippen molar-refractivity contribution < 1.29 is 9.18 Å². The molecule has 29 heavy (non-hydrogen) atoms. The number of carbonyl (C=O) groups excluding carboxylic acids is 1. The van der Waals surface area contributed by atoms with Crippen LogP contribution in [0.15, 0.2) is 67.0 Å². The topological polar surface area (TPSA) is 64.7 Å². The summed E-state index contributed by atoms with van der Waals surface area (Å²) >= 11 is 5.92. The van der Waals surface area contributed by atoms with Gasteiger partial charge in [-0.25, -0.2) is 13.8 Å². The van der Waals surface area contributed by atoms with Crippen LogP contribution >= 0.6 is 11.6 Å². The van der Waals surface area contributed by atoms with E-state index < -0.39 is 0 Å². The zero-order chi connectivity index (χ0) is 20.4. The smallest absolute Gasteiger partial charge is 0.260 e. The van der Waals surface area contributed by atoms with Crippen molar-refractivity contribution in [3.63, 3.8) is 0 Å². The number of amides is 1. The Kier molecular flexibility index (Phi) is 5.14. The van der Waals surface area contributed by atoms with E-state index in [1.807, 2.05) is 24.3 Å². The number of hydrogen-bond acceptors (Lipinski definition) is 3. The Morgan fingerprint density at radius 2 is 1.79 bits per heavy atom. The monoisotopic (exact) mass is 409 g/mol. The minimum absolute atomic E-state index is 0.297. The number of nitrogens with one attached hydrogen (secondary N) is 1. The molecule has 8 heteroatoms. The fourth-order valence-electron chi connectivity index (χ4n) is 2.99. The Balaban J connectivity index is 1.53. The predicted molar refractivity (Wildman–Crippen MR) is 109 cm³/mol. The summed E-state index contributed by atoms with van der Waals surface area (Å²) in [7, 11) is 0. The summed E-state index contributed by atoms with van der Waals surface area (Å²) in [6, 6.07) is 15.1. The highest BCUT2D eigenvalue weighted by atomic mass is 35.5. The highest BCUT2D eigenvalue weighted by Gasteiger charge is 2.17. The van der Waals surface area contributed by atoms with Crippen molar-refractivity contribution in [3.8, 4) is 5.69 Å². The highest BCUT2D eigenvalue weighted by molar-refractivity contribution is 6.30. The Hall–Kier alpha value is -3.45. The Bertz CT molecular complexity index is 1150. The molecule has 0 saturated carbocycles. The van der Waals surface area contributed by atoms with E-state index in [4.69, 9.17) is 11.6 Å². The molecule has 0 saturated heterocycles. The Labute approximate surface area is 171 Å². The third-order valence-electron chi connectivity index (χ3n) is 4.53. The summed E-state index contributed by atoms with van der Waals surface area (Å²) in [5.74, 6) is -0.0573. The van der Waals surface area contributed by atoms with E-state index in [0.29, 0.717) is 34.3 Å². The van der Waals surface area contributed by atoms with E-state index >= 15 is 0 Å².